The molecule has 0 radical (unpaired) electrons. The standard InChI is InChI=1S/C30H25N3O6S2/c1-16-6-8-18(9-7-16)31-22(34)15-39-21-5-3-4-17(14-21)23-24-26(40-27-25(23)41-30(37)32-27)29(36)33(28(24)35)19-10-12-20(38-2)13-11-19/h3-14,23-24,26H,15H2,1-2H3,(H,31,34)(H,32,37). The van der Waals surface area contributed by atoms with E-state index in [1.54, 1.807) is 49.6 Å². The quantitative estimate of drug-likeness (QED) is 0.304. The van der Waals surface area contributed by atoms with E-state index in [4.69, 9.17) is 9.47 Å². The molecule has 2 aliphatic heterocycles. The molecule has 0 bridgehead atoms. The van der Waals surface area contributed by atoms with Crippen molar-refractivity contribution in [1.82, 2.24) is 4.98 Å². The molecular weight excluding hydrogens is 562 g/mol. The first-order valence-electron chi connectivity index (χ1n) is 12.8. The van der Waals surface area contributed by atoms with Gasteiger partial charge in [-0.3, -0.25) is 19.2 Å². The lowest BCUT2D eigenvalue weighted by Gasteiger charge is -2.30. The predicted octanol–water partition coefficient (Wildman–Crippen LogP) is 4.57. The second kappa shape index (κ2) is 10.9. The summed E-state index contributed by atoms with van der Waals surface area (Å²) in [4.78, 5) is 56.9. The number of H-pyrrole nitrogens is 1. The first kappa shape index (κ1) is 26.9. The highest BCUT2D eigenvalue weighted by Crippen LogP contribution is 2.53. The van der Waals surface area contributed by atoms with Gasteiger partial charge in [-0.1, -0.05) is 52.9 Å². The number of amides is 3. The highest BCUT2D eigenvalue weighted by Gasteiger charge is 2.56. The Morgan fingerprint density at radius 1 is 0.976 bits per heavy atom. The first-order chi connectivity index (χ1) is 19.8. The van der Waals surface area contributed by atoms with Crippen molar-refractivity contribution in [3.05, 3.63) is 98.5 Å². The summed E-state index contributed by atoms with van der Waals surface area (Å²) in [5, 5.41) is 2.68. The molecule has 9 nitrogen and oxygen atoms in total. The molecule has 0 saturated carbocycles. The number of anilines is 2. The predicted molar refractivity (Wildman–Crippen MR) is 157 cm³/mol. The average Bonchev–Trinajstić information content (AvgIpc) is 3.47. The molecule has 3 atom stereocenters. The fourth-order valence-electron chi connectivity index (χ4n) is 5.14. The minimum Gasteiger partial charge on any atom is -0.497 e. The highest BCUT2D eigenvalue weighted by molar-refractivity contribution is 8.00. The maximum Gasteiger partial charge on any atom is 0.305 e. The van der Waals surface area contributed by atoms with Crippen LogP contribution in [0.2, 0.25) is 0 Å². The Hall–Kier alpha value is -4.35. The summed E-state index contributed by atoms with van der Waals surface area (Å²) in [6.45, 7) is 1.75. The Kier molecular flexibility index (Phi) is 7.14. The van der Waals surface area contributed by atoms with E-state index in [1.165, 1.54) is 16.7 Å². The van der Waals surface area contributed by atoms with E-state index >= 15 is 0 Å². The van der Waals surface area contributed by atoms with E-state index in [0.717, 1.165) is 16.9 Å². The van der Waals surface area contributed by atoms with Crippen LogP contribution in [0.5, 0.6) is 11.5 Å². The number of carbonyl (C=O) groups is 3. The van der Waals surface area contributed by atoms with E-state index in [9.17, 15) is 19.2 Å². The third-order valence-electron chi connectivity index (χ3n) is 7.08. The molecule has 4 aromatic rings. The lowest BCUT2D eigenvalue weighted by molar-refractivity contribution is -0.122. The highest BCUT2D eigenvalue weighted by atomic mass is 32.2. The summed E-state index contributed by atoms with van der Waals surface area (Å²) in [5.41, 5.74) is 2.93. The van der Waals surface area contributed by atoms with Gasteiger partial charge in [-0.2, -0.15) is 0 Å². The fourth-order valence-corrected chi connectivity index (χ4v) is 7.66. The summed E-state index contributed by atoms with van der Waals surface area (Å²) in [6.07, 6.45) is 0. The third kappa shape index (κ3) is 5.14. The van der Waals surface area contributed by atoms with Crippen LogP contribution in [0.4, 0.5) is 11.4 Å². The zero-order chi connectivity index (χ0) is 28.7. The number of fused-ring (bicyclic) bond motifs is 2. The van der Waals surface area contributed by atoms with Crippen LogP contribution in [0.1, 0.15) is 21.9 Å². The normalized spacial score (nSPS) is 19.5. The van der Waals surface area contributed by atoms with Gasteiger partial charge >= 0.3 is 4.87 Å². The Morgan fingerprint density at radius 2 is 1.73 bits per heavy atom. The van der Waals surface area contributed by atoms with E-state index in [2.05, 4.69) is 10.3 Å². The van der Waals surface area contributed by atoms with Crippen LogP contribution < -0.4 is 24.6 Å². The monoisotopic (exact) mass is 587 g/mol. The molecule has 11 heteroatoms. The summed E-state index contributed by atoms with van der Waals surface area (Å²) in [6, 6.07) is 21.3. The number of thiazole rings is 1. The Morgan fingerprint density at radius 3 is 2.46 bits per heavy atom. The van der Waals surface area contributed by atoms with E-state index in [0.29, 0.717) is 38.3 Å². The number of nitrogens with zero attached hydrogens (tertiary/aromatic N) is 1. The molecule has 0 spiro atoms. The maximum absolute atomic E-state index is 13.9. The molecule has 2 N–H and O–H groups in total. The second-order valence-corrected chi connectivity index (χ2v) is 11.9. The molecule has 208 valence electrons. The summed E-state index contributed by atoms with van der Waals surface area (Å²) in [7, 11) is 1.55. The minimum atomic E-state index is -0.728. The van der Waals surface area contributed by atoms with Gasteiger partial charge in [0.15, 0.2) is 6.61 Å². The van der Waals surface area contributed by atoms with Gasteiger partial charge in [-0.05, 0) is 61.0 Å². The SMILES string of the molecule is COc1ccc(N2C(=O)C3Sc4[nH]c(=O)sc4C(c4cccc(OCC(=O)Nc5ccc(C)cc5)c4)C3C2=O)cc1. The van der Waals surface area contributed by atoms with Gasteiger partial charge in [0.05, 0.1) is 23.7 Å². The van der Waals surface area contributed by atoms with Crippen molar-refractivity contribution in [3.8, 4) is 11.5 Å². The van der Waals surface area contributed by atoms with Crippen molar-refractivity contribution >= 4 is 52.2 Å². The number of rotatable bonds is 7. The number of aromatic amines is 1. The van der Waals surface area contributed by atoms with Crippen molar-refractivity contribution < 1.29 is 23.9 Å². The smallest absolute Gasteiger partial charge is 0.305 e. The van der Waals surface area contributed by atoms with Crippen molar-refractivity contribution in [2.75, 3.05) is 23.9 Å². The largest absolute Gasteiger partial charge is 0.497 e. The molecule has 6 rings (SSSR count). The van der Waals surface area contributed by atoms with Crippen LogP contribution in [0.15, 0.2) is 82.6 Å². The van der Waals surface area contributed by atoms with Crippen LogP contribution in [-0.4, -0.2) is 41.7 Å². The number of nitrogens with one attached hydrogen (secondary N) is 2. The van der Waals surface area contributed by atoms with Crippen molar-refractivity contribution in [2.24, 2.45) is 5.92 Å². The van der Waals surface area contributed by atoms with E-state index < -0.39 is 17.1 Å². The minimum absolute atomic E-state index is 0.213. The molecule has 3 unspecified atom stereocenters. The molecular formula is C30H25N3O6S2. The van der Waals surface area contributed by atoms with Gasteiger partial charge in [0.1, 0.15) is 16.7 Å². The Balaban J connectivity index is 1.28. The van der Waals surface area contributed by atoms with Crippen LogP contribution in [-0.2, 0) is 14.4 Å². The Bertz CT molecular complexity index is 1700. The molecule has 3 amide bonds. The van der Waals surface area contributed by atoms with Crippen LogP contribution >= 0.6 is 23.1 Å². The number of hydrogen-bond donors (Lipinski definition) is 2. The third-order valence-corrected chi connectivity index (χ3v) is 9.48. The molecule has 0 aliphatic carbocycles. The molecule has 1 saturated heterocycles. The van der Waals surface area contributed by atoms with Crippen molar-refractivity contribution in [1.29, 1.82) is 0 Å². The lowest BCUT2D eigenvalue weighted by Crippen LogP contribution is -2.32. The summed E-state index contributed by atoms with van der Waals surface area (Å²) >= 11 is 2.26. The average molecular weight is 588 g/mol. The molecule has 1 aromatic heterocycles. The number of aryl methyl sites for hydroxylation is 1. The lowest BCUT2D eigenvalue weighted by atomic mass is 9.83. The topological polar surface area (TPSA) is 118 Å². The van der Waals surface area contributed by atoms with Gasteiger partial charge < -0.3 is 19.8 Å². The van der Waals surface area contributed by atoms with E-state index in [1.807, 2.05) is 37.3 Å². The molecule has 3 aromatic carbocycles. The second-order valence-electron chi connectivity index (χ2n) is 9.74. The summed E-state index contributed by atoms with van der Waals surface area (Å²) in [5.74, 6) is -1.22. The number of imide groups is 1. The van der Waals surface area contributed by atoms with Gasteiger partial charge in [0.25, 0.3) is 5.91 Å². The Labute approximate surface area is 243 Å². The number of methoxy groups -OCH3 is 1. The first-order valence-corrected chi connectivity index (χ1v) is 14.5. The van der Waals surface area contributed by atoms with Crippen LogP contribution in [0, 0.1) is 12.8 Å². The number of thioether (sulfide) groups is 1. The number of ether oxygens (including phenoxy) is 2. The van der Waals surface area contributed by atoms with E-state index in [-0.39, 0.29) is 29.2 Å². The number of hydrogen-bond acceptors (Lipinski definition) is 8. The van der Waals surface area contributed by atoms with Crippen LogP contribution in [0.25, 0.3) is 0 Å². The molecule has 41 heavy (non-hydrogen) atoms. The number of aromatic nitrogens is 1. The van der Waals surface area contributed by atoms with Gasteiger partial charge in [-0.15, -0.1) is 0 Å². The molecule has 1 fully saturated rings. The zero-order valence-corrected chi connectivity index (χ0v) is 23.7. The van der Waals surface area contributed by atoms with Gasteiger partial charge in [0.2, 0.25) is 11.8 Å². The van der Waals surface area contributed by atoms with Crippen LogP contribution in [0.3, 0.4) is 0 Å². The molecule has 2 aliphatic rings. The summed E-state index contributed by atoms with van der Waals surface area (Å²) < 4.78 is 11.0. The zero-order valence-electron chi connectivity index (χ0n) is 22.1. The van der Waals surface area contributed by atoms with Crippen molar-refractivity contribution in [3.63, 3.8) is 0 Å². The van der Waals surface area contributed by atoms with Crippen molar-refractivity contribution in [2.45, 2.75) is 23.1 Å². The maximum atomic E-state index is 13.9. The molecule has 3 heterocycles. The number of benzene rings is 3. The van der Waals surface area contributed by atoms with Gasteiger partial charge in [0, 0.05) is 16.5 Å². The van der Waals surface area contributed by atoms with Gasteiger partial charge in [-0.25, -0.2) is 4.90 Å². The fraction of sp³-hybridized carbons (Fsp3) is 0.200. The number of carbonyl (C=O) groups excluding carboxylic acids is 3.